The van der Waals surface area contributed by atoms with Gasteiger partial charge in [0.15, 0.2) is 0 Å². The van der Waals surface area contributed by atoms with E-state index in [2.05, 4.69) is 20.9 Å². The van der Waals surface area contributed by atoms with Crippen LogP contribution in [0.15, 0.2) is 22.7 Å². The first-order chi connectivity index (χ1) is 8.04. The molecule has 0 amide bonds. The normalized spacial score (nSPS) is 10.8. The highest BCUT2D eigenvalue weighted by Gasteiger charge is 2.14. The van der Waals surface area contributed by atoms with Crippen LogP contribution in [0.25, 0.3) is 11.3 Å². The Kier molecular flexibility index (Phi) is 3.45. The minimum Gasteiger partial charge on any atom is -0.383 e. The first-order valence-corrected chi connectivity index (χ1v) is 6.49. The van der Waals surface area contributed by atoms with Crippen molar-refractivity contribution >= 4 is 33.3 Å². The molecule has 2 rings (SSSR count). The van der Waals surface area contributed by atoms with E-state index in [1.807, 2.05) is 36.6 Å². The monoisotopic (exact) mass is 313 g/mol. The van der Waals surface area contributed by atoms with E-state index >= 15 is 0 Å². The Labute approximate surface area is 114 Å². The minimum absolute atomic E-state index is 0.686. The van der Waals surface area contributed by atoms with Gasteiger partial charge in [0.05, 0.1) is 0 Å². The fourth-order valence-electron chi connectivity index (χ4n) is 1.86. The number of aromatic nitrogens is 2. The van der Waals surface area contributed by atoms with E-state index in [0.717, 1.165) is 28.1 Å². The molecule has 0 unspecified atom stereocenters. The molecule has 5 heteroatoms. The largest absolute Gasteiger partial charge is 0.383 e. The van der Waals surface area contributed by atoms with Gasteiger partial charge >= 0.3 is 0 Å². The summed E-state index contributed by atoms with van der Waals surface area (Å²) in [7, 11) is 0. The number of aryl methyl sites for hydroxylation is 1. The predicted octanol–water partition coefficient (Wildman–Crippen LogP) is 3.88. The minimum atomic E-state index is 0.686. The van der Waals surface area contributed by atoms with Crippen LogP contribution in [0.2, 0.25) is 5.02 Å². The van der Waals surface area contributed by atoms with Crippen molar-refractivity contribution in [3.8, 4) is 11.3 Å². The van der Waals surface area contributed by atoms with Crippen molar-refractivity contribution in [1.82, 2.24) is 9.55 Å². The van der Waals surface area contributed by atoms with Crippen LogP contribution >= 0.6 is 27.5 Å². The molecule has 17 heavy (non-hydrogen) atoms. The molecule has 0 saturated carbocycles. The summed E-state index contributed by atoms with van der Waals surface area (Å²) in [5, 5.41) is 0.686. The number of anilines is 1. The van der Waals surface area contributed by atoms with E-state index in [-0.39, 0.29) is 0 Å². The van der Waals surface area contributed by atoms with Gasteiger partial charge in [-0.3, -0.25) is 0 Å². The summed E-state index contributed by atoms with van der Waals surface area (Å²) in [5.74, 6) is 1.61. The van der Waals surface area contributed by atoms with Crippen molar-refractivity contribution in [1.29, 1.82) is 0 Å². The highest BCUT2D eigenvalue weighted by molar-refractivity contribution is 9.10. The second-order valence-corrected chi connectivity index (χ2v) is 5.05. The molecule has 1 aromatic heterocycles. The van der Waals surface area contributed by atoms with Crippen molar-refractivity contribution in [2.75, 3.05) is 5.73 Å². The lowest BCUT2D eigenvalue weighted by Crippen LogP contribution is -2.02. The number of hydrogen-bond acceptors (Lipinski definition) is 2. The van der Waals surface area contributed by atoms with Crippen LogP contribution in [0, 0.1) is 6.92 Å². The zero-order chi connectivity index (χ0) is 12.6. The standard InChI is InChI=1S/C12H13BrClN3/c1-3-17-7(2)16-11(12(17)15)9-5-4-8(14)6-10(9)13/h4-6H,3,15H2,1-2H3. The fourth-order valence-corrected chi connectivity index (χ4v) is 2.73. The molecular weight excluding hydrogens is 302 g/mol. The maximum absolute atomic E-state index is 6.10. The van der Waals surface area contributed by atoms with Gasteiger partial charge in [-0.05, 0) is 26.0 Å². The third-order valence-electron chi connectivity index (χ3n) is 2.70. The van der Waals surface area contributed by atoms with Gasteiger partial charge in [-0.1, -0.05) is 33.6 Å². The fraction of sp³-hybridized carbons (Fsp3) is 0.250. The number of hydrogen-bond donors (Lipinski definition) is 1. The quantitative estimate of drug-likeness (QED) is 0.914. The molecule has 1 heterocycles. The van der Waals surface area contributed by atoms with Crippen LogP contribution in [0.1, 0.15) is 12.7 Å². The molecule has 0 aliphatic rings. The summed E-state index contributed by atoms with van der Waals surface area (Å²) >= 11 is 9.41. The topological polar surface area (TPSA) is 43.8 Å². The number of nitrogens with zero attached hydrogens (tertiary/aromatic N) is 2. The van der Waals surface area contributed by atoms with Crippen LogP contribution in [0.4, 0.5) is 5.82 Å². The number of imidazole rings is 1. The van der Waals surface area contributed by atoms with Crippen LogP contribution in [0.3, 0.4) is 0 Å². The van der Waals surface area contributed by atoms with Crippen molar-refractivity contribution in [3.63, 3.8) is 0 Å². The van der Waals surface area contributed by atoms with Crippen molar-refractivity contribution in [2.45, 2.75) is 20.4 Å². The van der Waals surface area contributed by atoms with E-state index in [1.165, 1.54) is 0 Å². The Balaban J connectivity index is 2.61. The van der Waals surface area contributed by atoms with E-state index in [0.29, 0.717) is 10.8 Å². The summed E-state index contributed by atoms with van der Waals surface area (Å²) in [5.41, 5.74) is 7.86. The molecule has 0 radical (unpaired) electrons. The van der Waals surface area contributed by atoms with Crippen molar-refractivity contribution < 1.29 is 0 Å². The second kappa shape index (κ2) is 4.70. The Bertz CT molecular complexity index is 563. The predicted molar refractivity (Wildman–Crippen MR) is 75.2 cm³/mol. The molecule has 1 aromatic carbocycles. The highest BCUT2D eigenvalue weighted by Crippen LogP contribution is 2.33. The lowest BCUT2D eigenvalue weighted by molar-refractivity contribution is 0.739. The molecule has 2 aromatic rings. The van der Waals surface area contributed by atoms with Crippen LogP contribution in [-0.4, -0.2) is 9.55 Å². The van der Waals surface area contributed by atoms with Crippen molar-refractivity contribution in [3.05, 3.63) is 33.5 Å². The van der Waals surface area contributed by atoms with Gasteiger partial charge in [-0.15, -0.1) is 0 Å². The van der Waals surface area contributed by atoms with Crippen LogP contribution < -0.4 is 5.73 Å². The number of rotatable bonds is 2. The first kappa shape index (κ1) is 12.5. The first-order valence-electron chi connectivity index (χ1n) is 5.32. The van der Waals surface area contributed by atoms with Crippen LogP contribution in [-0.2, 0) is 6.54 Å². The molecule has 0 saturated heterocycles. The maximum atomic E-state index is 6.10. The number of halogens is 2. The molecular formula is C12H13BrClN3. The molecule has 0 aliphatic carbocycles. The summed E-state index contributed by atoms with van der Waals surface area (Å²) in [6.07, 6.45) is 0. The number of nitrogen functional groups attached to an aromatic ring is 1. The van der Waals surface area contributed by atoms with Gasteiger partial charge in [-0.25, -0.2) is 4.98 Å². The summed E-state index contributed by atoms with van der Waals surface area (Å²) in [4.78, 5) is 4.51. The Hall–Kier alpha value is -1.00. The average molecular weight is 315 g/mol. The molecule has 0 aliphatic heterocycles. The zero-order valence-corrected chi connectivity index (χ0v) is 12.0. The average Bonchev–Trinajstić information content (AvgIpc) is 2.54. The lowest BCUT2D eigenvalue weighted by atomic mass is 10.1. The summed E-state index contributed by atoms with van der Waals surface area (Å²) in [6.45, 7) is 4.81. The molecule has 3 nitrogen and oxygen atoms in total. The third kappa shape index (κ3) is 2.19. The van der Waals surface area contributed by atoms with E-state index in [4.69, 9.17) is 17.3 Å². The SMILES string of the molecule is CCn1c(C)nc(-c2ccc(Cl)cc2Br)c1N. The zero-order valence-electron chi connectivity index (χ0n) is 9.67. The van der Waals surface area contributed by atoms with Gasteiger partial charge in [0.2, 0.25) is 0 Å². The Morgan fingerprint density at radius 1 is 1.47 bits per heavy atom. The Morgan fingerprint density at radius 2 is 2.18 bits per heavy atom. The van der Waals surface area contributed by atoms with Crippen LogP contribution in [0.5, 0.6) is 0 Å². The van der Waals surface area contributed by atoms with Crippen molar-refractivity contribution in [2.24, 2.45) is 0 Å². The molecule has 0 atom stereocenters. The maximum Gasteiger partial charge on any atom is 0.131 e. The second-order valence-electron chi connectivity index (χ2n) is 3.76. The van der Waals surface area contributed by atoms with Gasteiger partial charge in [0.1, 0.15) is 17.3 Å². The smallest absolute Gasteiger partial charge is 0.131 e. The van der Waals surface area contributed by atoms with Gasteiger partial charge < -0.3 is 10.3 Å². The molecule has 2 N–H and O–H groups in total. The molecule has 0 spiro atoms. The third-order valence-corrected chi connectivity index (χ3v) is 3.59. The van der Waals surface area contributed by atoms with Gasteiger partial charge in [-0.2, -0.15) is 0 Å². The lowest BCUT2D eigenvalue weighted by Gasteiger charge is -2.05. The molecule has 0 fully saturated rings. The molecule has 90 valence electrons. The number of benzene rings is 1. The summed E-state index contributed by atoms with van der Waals surface area (Å²) < 4.78 is 2.88. The number of nitrogens with two attached hydrogens (primary N) is 1. The van der Waals surface area contributed by atoms with E-state index < -0.39 is 0 Å². The molecule has 0 bridgehead atoms. The van der Waals surface area contributed by atoms with E-state index in [1.54, 1.807) is 0 Å². The highest BCUT2D eigenvalue weighted by atomic mass is 79.9. The van der Waals surface area contributed by atoms with Gasteiger partial charge in [0, 0.05) is 21.6 Å². The van der Waals surface area contributed by atoms with E-state index in [9.17, 15) is 0 Å². The summed E-state index contributed by atoms with van der Waals surface area (Å²) in [6, 6.07) is 5.60. The Morgan fingerprint density at radius 3 is 2.71 bits per heavy atom. The van der Waals surface area contributed by atoms with Gasteiger partial charge in [0.25, 0.3) is 0 Å².